The molecule has 0 bridgehead atoms. The van der Waals surface area contributed by atoms with Gasteiger partial charge in [-0.2, -0.15) is 0 Å². The van der Waals surface area contributed by atoms with E-state index in [1.807, 2.05) is 24.3 Å². The normalized spacial score (nSPS) is 9.25. The summed E-state index contributed by atoms with van der Waals surface area (Å²) in [7, 11) is 0. The van der Waals surface area contributed by atoms with Crippen LogP contribution in [-0.4, -0.2) is 0 Å². The van der Waals surface area contributed by atoms with Gasteiger partial charge in [-0.15, -0.1) is 0 Å². The predicted molar refractivity (Wildman–Crippen MR) is 78.3 cm³/mol. The average molecular weight is 383 g/mol. The van der Waals surface area contributed by atoms with E-state index in [0.29, 0.717) is 0 Å². The summed E-state index contributed by atoms with van der Waals surface area (Å²) in [4.78, 5) is 0. The van der Waals surface area contributed by atoms with Crippen molar-refractivity contribution >= 4 is 55.1 Å². The first kappa shape index (κ1) is 14.0. The monoisotopic (exact) mass is 380 g/mol. The van der Waals surface area contributed by atoms with Crippen molar-refractivity contribution in [2.24, 2.45) is 0 Å². The molecular weight excluding hydrogens is 375 g/mol. The molecule has 2 aromatic carbocycles. The van der Waals surface area contributed by atoms with Crippen molar-refractivity contribution in [3.63, 3.8) is 0 Å². The van der Waals surface area contributed by atoms with E-state index in [9.17, 15) is 0 Å². The van der Waals surface area contributed by atoms with Gasteiger partial charge in [-0.05, 0) is 48.5 Å². The lowest BCUT2D eigenvalue weighted by Crippen LogP contribution is -1.61. The summed E-state index contributed by atoms with van der Waals surface area (Å²) < 4.78 is 2.22. The van der Waals surface area contributed by atoms with Crippen molar-refractivity contribution < 1.29 is 0 Å². The Morgan fingerprint density at radius 2 is 0.812 bits per heavy atom. The highest BCUT2D eigenvalue weighted by molar-refractivity contribution is 9.11. The van der Waals surface area contributed by atoms with Gasteiger partial charge in [-0.1, -0.05) is 55.1 Å². The first-order valence-electron chi connectivity index (χ1n) is 4.40. The van der Waals surface area contributed by atoms with Crippen LogP contribution < -0.4 is 0 Å². The zero-order chi connectivity index (χ0) is 12.0. The van der Waals surface area contributed by atoms with E-state index in [2.05, 4.69) is 31.9 Å². The minimum absolute atomic E-state index is 0.717. The Labute approximate surface area is 122 Å². The van der Waals surface area contributed by atoms with Gasteiger partial charge in [0.25, 0.3) is 0 Å². The van der Waals surface area contributed by atoms with Crippen molar-refractivity contribution in [3.8, 4) is 0 Å². The van der Waals surface area contributed by atoms with E-state index in [1.54, 1.807) is 24.3 Å². The highest BCUT2D eigenvalue weighted by Crippen LogP contribution is 2.14. The molecule has 2 rings (SSSR count). The smallest absolute Gasteiger partial charge is 0.0407 e. The van der Waals surface area contributed by atoms with E-state index >= 15 is 0 Å². The lowest BCUT2D eigenvalue weighted by atomic mass is 10.4. The number of benzene rings is 2. The number of rotatable bonds is 0. The zero-order valence-corrected chi connectivity index (χ0v) is 12.8. The van der Waals surface area contributed by atoms with Gasteiger partial charge in [0.15, 0.2) is 0 Å². The van der Waals surface area contributed by atoms with E-state index in [4.69, 9.17) is 23.2 Å². The van der Waals surface area contributed by atoms with Crippen molar-refractivity contribution in [2.75, 3.05) is 0 Å². The Hall–Kier alpha value is -0.0200. The minimum Gasteiger partial charge on any atom is -0.0843 e. The van der Waals surface area contributed by atoms with Crippen molar-refractivity contribution in [1.82, 2.24) is 0 Å². The van der Waals surface area contributed by atoms with Crippen molar-refractivity contribution in [1.29, 1.82) is 0 Å². The Morgan fingerprint density at radius 1 is 0.562 bits per heavy atom. The second kappa shape index (κ2) is 7.33. The van der Waals surface area contributed by atoms with Gasteiger partial charge < -0.3 is 0 Å². The summed E-state index contributed by atoms with van der Waals surface area (Å²) >= 11 is 17.8. The van der Waals surface area contributed by atoms with Crippen molar-refractivity contribution in [2.45, 2.75) is 0 Å². The SMILES string of the molecule is Brc1ccc(Br)cc1.Clc1ccc(Cl)cc1. The van der Waals surface area contributed by atoms with Crippen LogP contribution >= 0.6 is 55.1 Å². The van der Waals surface area contributed by atoms with Gasteiger partial charge in [0.1, 0.15) is 0 Å². The molecule has 84 valence electrons. The first-order valence-corrected chi connectivity index (χ1v) is 6.74. The van der Waals surface area contributed by atoms with Crippen LogP contribution in [0.1, 0.15) is 0 Å². The summed E-state index contributed by atoms with van der Waals surface area (Å²) in [6, 6.07) is 15.0. The maximum atomic E-state index is 5.55. The van der Waals surface area contributed by atoms with Crippen LogP contribution in [0.5, 0.6) is 0 Å². The van der Waals surface area contributed by atoms with Crippen LogP contribution in [0, 0.1) is 0 Å². The van der Waals surface area contributed by atoms with Crippen LogP contribution in [0.3, 0.4) is 0 Å². The second-order valence-electron chi connectivity index (χ2n) is 2.87. The van der Waals surface area contributed by atoms with E-state index in [1.165, 1.54) is 0 Å². The molecule has 0 heterocycles. The summed E-state index contributed by atoms with van der Waals surface area (Å²) in [6.07, 6.45) is 0. The number of halogens is 4. The third-order valence-electron chi connectivity index (χ3n) is 1.61. The molecule has 0 fully saturated rings. The predicted octanol–water partition coefficient (Wildman–Crippen LogP) is 6.21. The summed E-state index contributed by atoms with van der Waals surface area (Å²) in [6.45, 7) is 0. The van der Waals surface area contributed by atoms with Crippen LogP contribution in [0.4, 0.5) is 0 Å². The Balaban J connectivity index is 0.000000160. The number of hydrogen-bond donors (Lipinski definition) is 0. The molecule has 0 unspecified atom stereocenters. The fourth-order valence-corrected chi connectivity index (χ4v) is 1.64. The molecule has 0 saturated carbocycles. The summed E-state index contributed by atoms with van der Waals surface area (Å²) in [5.74, 6) is 0. The molecule has 0 spiro atoms. The van der Waals surface area contributed by atoms with E-state index in [0.717, 1.165) is 19.0 Å². The molecule has 0 aliphatic heterocycles. The lowest BCUT2D eigenvalue weighted by molar-refractivity contribution is 1.61. The first-order chi connectivity index (χ1) is 7.58. The molecule has 4 heteroatoms. The molecule has 0 aromatic heterocycles. The molecule has 0 amide bonds. The molecule has 2 aromatic rings. The van der Waals surface area contributed by atoms with Gasteiger partial charge in [0, 0.05) is 19.0 Å². The summed E-state index contributed by atoms with van der Waals surface area (Å²) in [5.41, 5.74) is 0. The maximum Gasteiger partial charge on any atom is 0.0407 e. The molecule has 0 nitrogen and oxygen atoms in total. The average Bonchev–Trinajstić information content (AvgIpc) is 2.28. The Morgan fingerprint density at radius 3 is 1.06 bits per heavy atom. The largest absolute Gasteiger partial charge is 0.0843 e. The third kappa shape index (κ3) is 5.90. The third-order valence-corrected chi connectivity index (χ3v) is 3.17. The minimum atomic E-state index is 0.717. The van der Waals surface area contributed by atoms with Gasteiger partial charge in [0.2, 0.25) is 0 Å². The van der Waals surface area contributed by atoms with Crippen molar-refractivity contribution in [3.05, 3.63) is 67.5 Å². The van der Waals surface area contributed by atoms with Gasteiger partial charge >= 0.3 is 0 Å². The molecule has 0 N–H and O–H groups in total. The molecular formula is C12H8Br2Cl2. The molecule has 0 radical (unpaired) electrons. The molecule has 16 heavy (non-hydrogen) atoms. The van der Waals surface area contributed by atoms with Gasteiger partial charge in [-0.3, -0.25) is 0 Å². The van der Waals surface area contributed by atoms with E-state index in [-0.39, 0.29) is 0 Å². The molecule has 0 aliphatic rings. The molecule has 0 aliphatic carbocycles. The Kier molecular flexibility index (Phi) is 6.44. The quantitative estimate of drug-likeness (QED) is 0.508. The fraction of sp³-hybridized carbons (Fsp3) is 0. The van der Waals surface area contributed by atoms with Gasteiger partial charge in [0.05, 0.1) is 0 Å². The standard InChI is InChI=1S/C6H4Br2.C6H4Cl2/c2*7-5-1-2-6(8)4-3-5/h2*1-4H. The molecule has 0 saturated heterocycles. The Bertz CT molecular complexity index is 338. The second-order valence-corrected chi connectivity index (χ2v) is 5.58. The summed E-state index contributed by atoms with van der Waals surface area (Å²) in [5, 5.41) is 1.43. The topological polar surface area (TPSA) is 0 Å². The van der Waals surface area contributed by atoms with Crippen LogP contribution in [0.25, 0.3) is 0 Å². The zero-order valence-electron chi connectivity index (χ0n) is 8.13. The molecule has 0 atom stereocenters. The maximum absolute atomic E-state index is 5.55. The van der Waals surface area contributed by atoms with E-state index < -0.39 is 0 Å². The highest BCUT2D eigenvalue weighted by atomic mass is 79.9. The van der Waals surface area contributed by atoms with Crippen LogP contribution in [-0.2, 0) is 0 Å². The highest BCUT2D eigenvalue weighted by Gasteiger charge is 1.84. The number of hydrogen-bond acceptors (Lipinski definition) is 0. The van der Waals surface area contributed by atoms with Gasteiger partial charge in [-0.25, -0.2) is 0 Å². The van der Waals surface area contributed by atoms with Crippen LogP contribution in [0.2, 0.25) is 10.0 Å². The fourth-order valence-electron chi connectivity index (χ4n) is 0.859. The lowest BCUT2D eigenvalue weighted by Gasteiger charge is -1.86. The van der Waals surface area contributed by atoms with Crippen LogP contribution in [0.15, 0.2) is 57.5 Å².